The Labute approximate surface area is 172 Å². The van der Waals surface area contributed by atoms with E-state index < -0.39 is 28.3 Å². The van der Waals surface area contributed by atoms with Crippen molar-refractivity contribution in [2.24, 2.45) is 5.10 Å². The lowest BCUT2D eigenvalue weighted by Gasteiger charge is -2.17. The second-order valence-electron chi connectivity index (χ2n) is 5.71. The number of ether oxygens (including phenoxy) is 2. The van der Waals surface area contributed by atoms with Gasteiger partial charge in [-0.25, -0.2) is 18.2 Å². The van der Waals surface area contributed by atoms with Crippen molar-refractivity contribution in [1.29, 1.82) is 0 Å². The molecule has 8 nitrogen and oxygen atoms in total. The molecule has 0 unspecified atom stereocenters. The molecule has 1 N–H and O–H groups in total. The van der Waals surface area contributed by atoms with Gasteiger partial charge in [0.25, 0.3) is 5.91 Å². The normalized spacial score (nSPS) is 11.7. The zero-order chi connectivity index (χ0) is 21.6. The minimum Gasteiger partial charge on any atom is -0.493 e. The van der Waals surface area contributed by atoms with Crippen LogP contribution in [0.15, 0.2) is 46.4 Å². The molecule has 0 atom stereocenters. The quantitative estimate of drug-likeness (QED) is 0.498. The van der Waals surface area contributed by atoms with Gasteiger partial charge in [0.15, 0.2) is 11.5 Å². The largest absolute Gasteiger partial charge is 0.493 e. The number of amides is 1. The van der Waals surface area contributed by atoms with Crippen molar-refractivity contribution in [2.45, 2.75) is 4.90 Å². The Morgan fingerprint density at radius 2 is 1.93 bits per heavy atom. The molecule has 0 radical (unpaired) electrons. The van der Waals surface area contributed by atoms with Crippen LogP contribution in [0.1, 0.15) is 5.56 Å². The van der Waals surface area contributed by atoms with Crippen LogP contribution in [0.2, 0.25) is 5.02 Å². The number of nitrogens with zero attached hydrogens (tertiary/aromatic N) is 2. The number of carbonyl (C=O) groups excluding carboxylic acids is 1. The van der Waals surface area contributed by atoms with Crippen LogP contribution in [0.25, 0.3) is 0 Å². The fourth-order valence-electron chi connectivity index (χ4n) is 2.28. The number of hydrazone groups is 1. The number of nitrogens with one attached hydrogen (secondary N) is 1. The van der Waals surface area contributed by atoms with E-state index >= 15 is 0 Å². The SMILES string of the molecule is COc1ccc(S(=O)(=O)N(C)CC(=O)N/N=C\c2c(F)cccc2Cl)cc1OC. The van der Waals surface area contributed by atoms with Crippen LogP contribution >= 0.6 is 11.6 Å². The topological polar surface area (TPSA) is 97.3 Å². The molecule has 0 aliphatic heterocycles. The molecule has 156 valence electrons. The van der Waals surface area contributed by atoms with Crippen molar-refractivity contribution in [3.8, 4) is 11.5 Å². The maximum atomic E-state index is 13.6. The summed E-state index contributed by atoms with van der Waals surface area (Å²) in [5, 5.41) is 3.74. The van der Waals surface area contributed by atoms with Crippen molar-refractivity contribution >= 4 is 33.7 Å². The van der Waals surface area contributed by atoms with Gasteiger partial charge in [-0.1, -0.05) is 17.7 Å². The van der Waals surface area contributed by atoms with E-state index in [0.717, 1.165) is 10.5 Å². The first-order valence-electron chi connectivity index (χ1n) is 8.15. The zero-order valence-corrected chi connectivity index (χ0v) is 17.4. The van der Waals surface area contributed by atoms with E-state index in [1.165, 1.54) is 57.7 Å². The maximum absolute atomic E-state index is 13.6. The summed E-state index contributed by atoms with van der Waals surface area (Å²) in [6.45, 7) is -0.515. The molecule has 11 heteroatoms. The first-order chi connectivity index (χ1) is 13.7. The lowest BCUT2D eigenvalue weighted by molar-refractivity contribution is -0.121. The molecule has 0 aliphatic carbocycles. The molecular formula is C18H19ClFN3O5S. The summed E-state index contributed by atoms with van der Waals surface area (Å²) in [7, 11) is 0.0691. The Hall–Kier alpha value is -2.69. The van der Waals surface area contributed by atoms with Crippen molar-refractivity contribution in [3.63, 3.8) is 0 Å². The summed E-state index contributed by atoms with van der Waals surface area (Å²) in [6.07, 6.45) is 1.04. The monoisotopic (exact) mass is 443 g/mol. The van der Waals surface area contributed by atoms with Gasteiger partial charge in [0.1, 0.15) is 5.82 Å². The molecule has 2 aromatic carbocycles. The standard InChI is InChI=1S/C18H19ClFN3O5S/c1-23(29(25,26)12-7-8-16(27-2)17(9-12)28-3)11-18(24)22-21-10-13-14(19)5-4-6-15(13)20/h4-10H,11H2,1-3H3,(H,22,24)/b21-10-. The van der Waals surface area contributed by atoms with Gasteiger partial charge < -0.3 is 9.47 Å². The minimum atomic E-state index is -3.98. The van der Waals surface area contributed by atoms with Gasteiger partial charge in [0.05, 0.1) is 36.9 Å². The van der Waals surface area contributed by atoms with E-state index in [2.05, 4.69) is 10.5 Å². The molecule has 0 saturated carbocycles. The summed E-state index contributed by atoms with van der Waals surface area (Å²) >= 11 is 5.85. The average Bonchev–Trinajstić information content (AvgIpc) is 2.69. The molecule has 29 heavy (non-hydrogen) atoms. The average molecular weight is 444 g/mol. The third-order valence-corrected chi connectivity index (χ3v) is 5.94. The first kappa shape index (κ1) is 22.6. The number of halogens is 2. The summed E-state index contributed by atoms with van der Waals surface area (Å²) in [5.74, 6) is -0.727. The highest BCUT2D eigenvalue weighted by molar-refractivity contribution is 7.89. The van der Waals surface area contributed by atoms with Crippen molar-refractivity contribution < 1.29 is 27.1 Å². The van der Waals surface area contributed by atoms with E-state index in [9.17, 15) is 17.6 Å². The summed E-state index contributed by atoms with van der Waals surface area (Å²) in [4.78, 5) is 11.9. The smallest absolute Gasteiger partial charge is 0.255 e. The van der Waals surface area contributed by atoms with Gasteiger partial charge in [0.2, 0.25) is 10.0 Å². The molecule has 0 spiro atoms. The van der Waals surface area contributed by atoms with Gasteiger partial charge in [-0.15, -0.1) is 0 Å². The highest BCUT2D eigenvalue weighted by Gasteiger charge is 2.24. The third-order valence-electron chi connectivity index (χ3n) is 3.81. The second kappa shape index (κ2) is 9.68. The maximum Gasteiger partial charge on any atom is 0.255 e. The molecule has 1 amide bonds. The van der Waals surface area contributed by atoms with E-state index in [4.69, 9.17) is 21.1 Å². The van der Waals surface area contributed by atoms with E-state index in [1.807, 2.05) is 0 Å². The Balaban J connectivity index is 2.07. The van der Waals surface area contributed by atoms with E-state index in [0.29, 0.717) is 5.75 Å². The fraction of sp³-hybridized carbons (Fsp3) is 0.222. The summed E-state index contributed by atoms with van der Waals surface area (Å²) in [6, 6.07) is 8.17. The number of hydrogen-bond donors (Lipinski definition) is 1. The Morgan fingerprint density at radius 3 is 2.55 bits per heavy atom. The van der Waals surface area contributed by atoms with Crippen LogP contribution in [0.4, 0.5) is 4.39 Å². The van der Waals surface area contributed by atoms with Crippen LogP contribution in [0, 0.1) is 5.82 Å². The Bertz CT molecular complexity index is 1010. The van der Waals surface area contributed by atoms with Crippen LogP contribution in [0.5, 0.6) is 11.5 Å². The number of carbonyl (C=O) groups is 1. The molecule has 2 rings (SSSR count). The van der Waals surface area contributed by atoms with Crippen LogP contribution < -0.4 is 14.9 Å². The van der Waals surface area contributed by atoms with E-state index in [1.54, 1.807) is 0 Å². The predicted molar refractivity (Wildman–Crippen MR) is 107 cm³/mol. The predicted octanol–water partition coefficient (Wildman–Crippen LogP) is 2.27. The fourth-order valence-corrected chi connectivity index (χ4v) is 3.64. The molecular weight excluding hydrogens is 425 g/mol. The lowest BCUT2D eigenvalue weighted by Crippen LogP contribution is -2.36. The molecule has 0 aromatic heterocycles. The van der Waals surface area contributed by atoms with Crippen LogP contribution in [-0.4, -0.2) is 52.7 Å². The van der Waals surface area contributed by atoms with Crippen LogP contribution in [-0.2, 0) is 14.8 Å². The highest BCUT2D eigenvalue weighted by atomic mass is 35.5. The summed E-state index contributed by atoms with van der Waals surface area (Å²) < 4.78 is 50.0. The Kier molecular flexibility index (Phi) is 7.54. The third kappa shape index (κ3) is 5.43. The number of benzene rings is 2. The summed E-state index contributed by atoms with van der Waals surface area (Å²) in [5.41, 5.74) is 2.14. The van der Waals surface area contributed by atoms with Gasteiger partial charge in [-0.05, 0) is 24.3 Å². The minimum absolute atomic E-state index is 0.000714. The molecule has 0 aliphatic rings. The van der Waals surface area contributed by atoms with Crippen molar-refractivity contribution in [3.05, 3.63) is 52.8 Å². The molecule has 0 bridgehead atoms. The van der Waals surface area contributed by atoms with Gasteiger partial charge in [-0.3, -0.25) is 4.79 Å². The number of sulfonamides is 1. The van der Waals surface area contributed by atoms with Crippen molar-refractivity contribution in [1.82, 2.24) is 9.73 Å². The zero-order valence-electron chi connectivity index (χ0n) is 15.8. The first-order valence-corrected chi connectivity index (χ1v) is 9.96. The van der Waals surface area contributed by atoms with Gasteiger partial charge >= 0.3 is 0 Å². The number of likely N-dealkylation sites (N-methyl/N-ethyl adjacent to an activating group) is 1. The van der Waals surface area contributed by atoms with Crippen molar-refractivity contribution in [2.75, 3.05) is 27.8 Å². The molecule has 0 fully saturated rings. The lowest BCUT2D eigenvalue weighted by atomic mass is 10.2. The number of hydrogen-bond acceptors (Lipinski definition) is 6. The van der Waals surface area contributed by atoms with E-state index in [-0.39, 0.29) is 21.2 Å². The molecule has 0 heterocycles. The molecule has 0 saturated heterocycles. The number of rotatable bonds is 8. The number of methoxy groups -OCH3 is 2. The van der Waals surface area contributed by atoms with Crippen LogP contribution in [0.3, 0.4) is 0 Å². The highest BCUT2D eigenvalue weighted by Crippen LogP contribution is 2.30. The second-order valence-corrected chi connectivity index (χ2v) is 8.16. The Morgan fingerprint density at radius 1 is 1.24 bits per heavy atom. The van der Waals surface area contributed by atoms with Gasteiger partial charge in [-0.2, -0.15) is 9.41 Å². The van der Waals surface area contributed by atoms with Gasteiger partial charge in [0, 0.05) is 18.7 Å². The molecule has 2 aromatic rings.